The zero-order valence-corrected chi connectivity index (χ0v) is 12.1. The predicted octanol–water partition coefficient (Wildman–Crippen LogP) is 4.23. The van der Waals surface area contributed by atoms with Gasteiger partial charge in [-0.05, 0) is 36.0 Å². The summed E-state index contributed by atoms with van der Waals surface area (Å²) in [6, 6.07) is 8.79. The van der Waals surface area contributed by atoms with Crippen LogP contribution in [-0.2, 0) is 12.6 Å². The zero-order valence-electron chi connectivity index (χ0n) is 12.1. The molecule has 0 radical (unpaired) electrons. The fraction of sp³-hybridized carbons (Fsp3) is 0.375. The normalized spacial score (nSPS) is 21.3. The molecule has 0 amide bonds. The van der Waals surface area contributed by atoms with E-state index in [4.69, 9.17) is 0 Å². The predicted molar refractivity (Wildman–Crippen MR) is 77.3 cm³/mol. The first-order valence-electron chi connectivity index (χ1n) is 7.20. The molecule has 0 aliphatic heterocycles. The first kappa shape index (κ1) is 14.8. The Bertz CT molecular complexity index is 670. The standard InChI is InChI=1S/C16H16F3N3/c1-10-6-7-11-4-2-3-5-12(11)14(10)22-15-20-9-8-13(21-15)16(17,18)19/h2-5,8-10,14H,6-7H2,1H3,(H,20,21,22)/t10-,14-/m0/s1. The highest BCUT2D eigenvalue weighted by Crippen LogP contribution is 2.36. The molecular formula is C16H16F3N3. The number of halogens is 3. The van der Waals surface area contributed by atoms with E-state index in [1.165, 1.54) is 5.56 Å². The van der Waals surface area contributed by atoms with Crippen LogP contribution in [0.15, 0.2) is 36.5 Å². The molecule has 1 aliphatic carbocycles. The van der Waals surface area contributed by atoms with Crippen molar-refractivity contribution < 1.29 is 13.2 Å². The molecule has 1 N–H and O–H groups in total. The lowest BCUT2D eigenvalue weighted by Gasteiger charge is -2.32. The van der Waals surface area contributed by atoms with Gasteiger partial charge in [-0.15, -0.1) is 0 Å². The monoisotopic (exact) mass is 307 g/mol. The summed E-state index contributed by atoms with van der Waals surface area (Å²) in [4.78, 5) is 7.53. The lowest BCUT2D eigenvalue weighted by Crippen LogP contribution is -2.26. The van der Waals surface area contributed by atoms with Gasteiger partial charge in [-0.25, -0.2) is 9.97 Å². The number of rotatable bonds is 2. The third kappa shape index (κ3) is 2.91. The van der Waals surface area contributed by atoms with Crippen LogP contribution in [-0.4, -0.2) is 9.97 Å². The summed E-state index contributed by atoms with van der Waals surface area (Å²) in [5, 5.41) is 3.08. The Kier molecular flexibility index (Phi) is 3.76. The second-order valence-electron chi connectivity index (χ2n) is 5.60. The van der Waals surface area contributed by atoms with Crippen LogP contribution in [0.3, 0.4) is 0 Å². The number of hydrogen-bond donors (Lipinski definition) is 1. The largest absolute Gasteiger partial charge is 0.433 e. The highest BCUT2D eigenvalue weighted by Gasteiger charge is 2.33. The molecule has 0 fully saturated rings. The van der Waals surface area contributed by atoms with Crippen molar-refractivity contribution in [1.29, 1.82) is 0 Å². The Morgan fingerprint density at radius 1 is 1.18 bits per heavy atom. The number of anilines is 1. The number of fused-ring (bicyclic) bond motifs is 1. The minimum atomic E-state index is -4.46. The van der Waals surface area contributed by atoms with E-state index in [-0.39, 0.29) is 12.0 Å². The van der Waals surface area contributed by atoms with Crippen LogP contribution in [0.25, 0.3) is 0 Å². The maximum atomic E-state index is 12.7. The third-order valence-electron chi connectivity index (χ3n) is 4.06. The maximum absolute atomic E-state index is 12.7. The van der Waals surface area contributed by atoms with Gasteiger partial charge in [0.2, 0.25) is 5.95 Å². The van der Waals surface area contributed by atoms with Crippen molar-refractivity contribution in [3.63, 3.8) is 0 Å². The number of nitrogens with zero attached hydrogens (tertiary/aromatic N) is 2. The summed E-state index contributed by atoms with van der Waals surface area (Å²) < 4.78 is 38.2. The number of nitrogens with one attached hydrogen (secondary N) is 1. The Hall–Kier alpha value is -2.11. The summed E-state index contributed by atoms with van der Waals surface area (Å²) >= 11 is 0. The van der Waals surface area contributed by atoms with E-state index in [9.17, 15) is 13.2 Å². The fourth-order valence-corrected chi connectivity index (χ4v) is 2.87. The van der Waals surface area contributed by atoms with Gasteiger partial charge in [-0.2, -0.15) is 13.2 Å². The topological polar surface area (TPSA) is 37.8 Å². The van der Waals surface area contributed by atoms with Gasteiger partial charge in [-0.1, -0.05) is 31.2 Å². The van der Waals surface area contributed by atoms with Gasteiger partial charge in [-0.3, -0.25) is 0 Å². The van der Waals surface area contributed by atoms with Crippen LogP contribution in [0.1, 0.15) is 36.2 Å². The van der Waals surface area contributed by atoms with Crippen LogP contribution in [0.4, 0.5) is 19.1 Å². The first-order valence-corrected chi connectivity index (χ1v) is 7.20. The van der Waals surface area contributed by atoms with Crippen molar-refractivity contribution in [3.8, 4) is 0 Å². The highest BCUT2D eigenvalue weighted by molar-refractivity contribution is 5.39. The van der Waals surface area contributed by atoms with Crippen LogP contribution in [0, 0.1) is 5.92 Å². The smallest absolute Gasteiger partial charge is 0.347 e. The molecule has 2 atom stereocenters. The van der Waals surface area contributed by atoms with Crippen molar-refractivity contribution in [2.45, 2.75) is 32.0 Å². The van der Waals surface area contributed by atoms with E-state index in [1.807, 2.05) is 18.2 Å². The molecule has 1 aliphatic rings. The van der Waals surface area contributed by atoms with Gasteiger partial charge in [0.05, 0.1) is 6.04 Å². The molecule has 0 bridgehead atoms. The second-order valence-corrected chi connectivity index (χ2v) is 5.60. The van der Waals surface area contributed by atoms with Gasteiger partial charge in [0.15, 0.2) is 0 Å². The van der Waals surface area contributed by atoms with Crippen molar-refractivity contribution in [3.05, 3.63) is 53.3 Å². The molecule has 116 valence electrons. The molecule has 3 rings (SSSR count). The van der Waals surface area contributed by atoms with E-state index >= 15 is 0 Å². The lowest BCUT2D eigenvalue weighted by molar-refractivity contribution is -0.141. The van der Waals surface area contributed by atoms with Gasteiger partial charge in [0.1, 0.15) is 5.69 Å². The van der Waals surface area contributed by atoms with E-state index in [0.717, 1.165) is 30.7 Å². The molecule has 3 nitrogen and oxygen atoms in total. The highest BCUT2D eigenvalue weighted by atomic mass is 19.4. The van der Waals surface area contributed by atoms with Crippen LogP contribution in [0.2, 0.25) is 0 Å². The number of benzene rings is 1. The van der Waals surface area contributed by atoms with Gasteiger partial charge in [0.25, 0.3) is 0 Å². The summed E-state index contributed by atoms with van der Waals surface area (Å²) in [5.41, 5.74) is 1.41. The molecule has 0 unspecified atom stereocenters. The third-order valence-corrected chi connectivity index (χ3v) is 4.06. The van der Waals surface area contributed by atoms with Crippen molar-refractivity contribution in [2.24, 2.45) is 5.92 Å². The SMILES string of the molecule is C[C@H]1CCc2ccccc2[C@H]1Nc1nccc(C(F)(F)F)n1. The van der Waals surface area contributed by atoms with E-state index in [1.54, 1.807) is 0 Å². The quantitative estimate of drug-likeness (QED) is 0.902. The number of aromatic nitrogens is 2. The fourth-order valence-electron chi connectivity index (χ4n) is 2.87. The van der Waals surface area contributed by atoms with Crippen molar-refractivity contribution in [2.75, 3.05) is 5.32 Å². The second kappa shape index (κ2) is 5.59. The van der Waals surface area contributed by atoms with Gasteiger partial charge >= 0.3 is 6.18 Å². The minimum absolute atomic E-state index is 0.0170. The molecule has 22 heavy (non-hydrogen) atoms. The maximum Gasteiger partial charge on any atom is 0.433 e. The Balaban J connectivity index is 1.90. The van der Waals surface area contributed by atoms with E-state index in [2.05, 4.69) is 28.3 Å². The Morgan fingerprint density at radius 3 is 2.73 bits per heavy atom. The van der Waals surface area contributed by atoms with Crippen molar-refractivity contribution in [1.82, 2.24) is 9.97 Å². The molecule has 0 saturated heterocycles. The summed E-state index contributed by atoms with van der Waals surface area (Å²) in [6.45, 7) is 2.08. The number of hydrogen-bond acceptors (Lipinski definition) is 3. The molecule has 1 heterocycles. The molecule has 0 spiro atoms. The summed E-state index contributed by atoms with van der Waals surface area (Å²) in [5.74, 6) is 0.316. The lowest BCUT2D eigenvalue weighted by atomic mass is 9.81. The Morgan fingerprint density at radius 2 is 1.95 bits per heavy atom. The summed E-state index contributed by atoms with van der Waals surface area (Å²) in [6.07, 6.45) is -1.36. The van der Waals surface area contributed by atoms with Crippen LogP contribution >= 0.6 is 0 Å². The number of alkyl halides is 3. The Labute approximate surface area is 126 Å². The van der Waals surface area contributed by atoms with Gasteiger partial charge < -0.3 is 5.32 Å². The van der Waals surface area contributed by atoms with Crippen LogP contribution in [0.5, 0.6) is 0 Å². The van der Waals surface area contributed by atoms with E-state index in [0.29, 0.717) is 5.92 Å². The number of aryl methyl sites for hydroxylation is 1. The van der Waals surface area contributed by atoms with Crippen molar-refractivity contribution >= 4 is 5.95 Å². The van der Waals surface area contributed by atoms with E-state index < -0.39 is 11.9 Å². The molecule has 0 saturated carbocycles. The molecular weight excluding hydrogens is 291 g/mol. The van der Waals surface area contributed by atoms with Gasteiger partial charge in [0, 0.05) is 6.20 Å². The molecule has 1 aromatic carbocycles. The first-order chi connectivity index (χ1) is 10.4. The molecule has 6 heteroatoms. The average molecular weight is 307 g/mol. The molecule has 1 aromatic heterocycles. The zero-order chi connectivity index (χ0) is 15.7. The molecule has 2 aromatic rings. The minimum Gasteiger partial charge on any atom is -0.347 e. The summed E-state index contributed by atoms with van der Waals surface area (Å²) in [7, 11) is 0. The van der Waals surface area contributed by atoms with Crippen LogP contribution < -0.4 is 5.32 Å². The average Bonchev–Trinajstić information content (AvgIpc) is 2.50.